The van der Waals surface area contributed by atoms with Gasteiger partial charge in [-0.05, 0) is 35.2 Å². The van der Waals surface area contributed by atoms with Crippen molar-refractivity contribution < 1.29 is 14.3 Å². The normalized spacial score (nSPS) is 10.6. The highest BCUT2D eigenvalue weighted by atomic mass is 79.9. The molecular weight excluding hydrogens is 366 g/mol. The summed E-state index contributed by atoms with van der Waals surface area (Å²) in [5, 5.41) is 4.62. The van der Waals surface area contributed by atoms with E-state index in [0.29, 0.717) is 6.54 Å². The molecule has 0 aliphatic rings. The van der Waals surface area contributed by atoms with Crippen LogP contribution in [0.4, 0.5) is 0 Å². The Balaban J connectivity index is 1.71. The number of amides is 1. The van der Waals surface area contributed by atoms with E-state index in [1.165, 1.54) is 6.08 Å². The van der Waals surface area contributed by atoms with Gasteiger partial charge >= 0.3 is 5.97 Å². The van der Waals surface area contributed by atoms with Crippen molar-refractivity contribution in [3.05, 3.63) is 62.8 Å². The average molecular weight is 380 g/mol. The van der Waals surface area contributed by atoms with Crippen LogP contribution in [0, 0.1) is 0 Å². The van der Waals surface area contributed by atoms with E-state index >= 15 is 0 Å². The molecule has 1 aromatic carbocycles. The smallest absolute Gasteiger partial charge is 0.331 e. The second-order valence-corrected chi connectivity index (χ2v) is 6.30. The Morgan fingerprint density at radius 3 is 2.86 bits per heavy atom. The van der Waals surface area contributed by atoms with Crippen LogP contribution in [0.25, 0.3) is 6.08 Å². The molecule has 2 aromatic rings. The van der Waals surface area contributed by atoms with Crippen molar-refractivity contribution in [1.82, 2.24) is 5.32 Å². The van der Waals surface area contributed by atoms with E-state index in [0.717, 1.165) is 14.9 Å². The van der Waals surface area contributed by atoms with Gasteiger partial charge in [0, 0.05) is 15.4 Å². The van der Waals surface area contributed by atoms with Crippen molar-refractivity contribution in [3.63, 3.8) is 0 Å². The first kappa shape index (κ1) is 16.5. The number of hydrogen-bond acceptors (Lipinski definition) is 4. The van der Waals surface area contributed by atoms with Gasteiger partial charge in [0.05, 0.1) is 6.54 Å². The molecule has 0 radical (unpaired) electrons. The third-order valence-electron chi connectivity index (χ3n) is 2.65. The molecule has 22 heavy (non-hydrogen) atoms. The molecule has 4 nitrogen and oxygen atoms in total. The summed E-state index contributed by atoms with van der Waals surface area (Å²) >= 11 is 4.91. The summed E-state index contributed by atoms with van der Waals surface area (Å²) in [6.07, 6.45) is 2.94. The zero-order chi connectivity index (χ0) is 15.8. The van der Waals surface area contributed by atoms with E-state index in [1.807, 2.05) is 41.8 Å². The minimum absolute atomic E-state index is 0.285. The van der Waals surface area contributed by atoms with Gasteiger partial charge in [-0.2, -0.15) is 0 Å². The van der Waals surface area contributed by atoms with Crippen LogP contribution in [-0.2, 0) is 20.9 Å². The first-order valence-electron chi connectivity index (χ1n) is 6.53. The number of hydrogen-bond donors (Lipinski definition) is 1. The molecule has 0 saturated carbocycles. The Bertz CT molecular complexity index is 668. The zero-order valence-corrected chi connectivity index (χ0v) is 14.0. The lowest BCUT2D eigenvalue weighted by molar-refractivity contribution is -0.143. The summed E-state index contributed by atoms with van der Waals surface area (Å²) in [6, 6.07) is 11.3. The molecule has 2 rings (SSSR count). The molecule has 0 fully saturated rings. The monoisotopic (exact) mass is 379 g/mol. The van der Waals surface area contributed by atoms with E-state index in [1.54, 1.807) is 17.4 Å². The average Bonchev–Trinajstić information content (AvgIpc) is 3.02. The minimum Gasteiger partial charge on any atom is -0.452 e. The van der Waals surface area contributed by atoms with Crippen molar-refractivity contribution in [3.8, 4) is 0 Å². The number of carbonyl (C=O) groups excluding carboxylic acids is 2. The Morgan fingerprint density at radius 1 is 1.27 bits per heavy atom. The van der Waals surface area contributed by atoms with Crippen molar-refractivity contribution in [2.75, 3.05) is 6.61 Å². The SMILES string of the molecule is O=C(COC(=O)C=Cc1cccc(Br)c1)NCc1cccs1. The van der Waals surface area contributed by atoms with Crippen molar-refractivity contribution in [2.24, 2.45) is 0 Å². The van der Waals surface area contributed by atoms with Crippen LogP contribution in [-0.4, -0.2) is 18.5 Å². The summed E-state index contributed by atoms with van der Waals surface area (Å²) in [4.78, 5) is 24.1. The highest BCUT2D eigenvalue weighted by Crippen LogP contribution is 2.12. The maximum atomic E-state index is 11.5. The van der Waals surface area contributed by atoms with Gasteiger partial charge < -0.3 is 10.1 Å². The predicted molar refractivity (Wildman–Crippen MR) is 90.3 cm³/mol. The number of ether oxygens (including phenoxy) is 1. The molecule has 1 aromatic heterocycles. The summed E-state index contributed by atoms with van der Waals surface area (Å²) in [6.45, 7) is 0.162. The quantitative estimate of drug-likeness (QED) is 0.618. The topological polar surface area (TPSA) is 55.4 Å². The molecule has 0 saturated heterocycles. The molecular formula is C16H14BrNO3S. The fourth-order valence-electron chi connectivity index (χ4n) is 1.61. The molecule has 114 valence electrons. The molecule has 1 amide bonds. The summed E-state index contributed by atoms with van der Waals surface area (Å²) in [5.74, 6) is -0.871. The van der Waals surface area contributed by atoms with E-state index in [4.69, 9.17) is 4.74 Å². The van der Waals surface area contributed by atoms with Gasteiger partial charge in [-0.15, -0.1) is 11.3 Å². The van der Waals surface area contributed by atoms with E-state index in [9.17, 15) is 9.59 Å². The van der Waals surface area contributed by atoms with Gasteiger partial charge in [-0.1, -0.05) is 34.1 Å². The first-order valence-corrected chi connectivity index (χ1v) is 8.20. The zero-order valence-electron chi connectivity index (χ0n) is 11.6. The summed E-state index contributed by atoms with van der Waals surface area (Å²) in [7, 11) is 0. The Labute approximate surface area is 140 Å². The fourth-order valence-corrected chi connectivity index (χ4v) is 2.67. The number of rotatable bonds is 6. The van der Waals surface area contributed by atoms with E-state index < -0.39 is 5.97 Å². The van der Waals surface area contributed by atoms with Crippen molar-refractivity contribution >= 4 is 45.2 Å². The predicted octanol–water partition coefficient (Wildman–Crippen LogP) is 3.38. The summed E-state index contributed by atoms with van der Waals surface area (Å²) in [5.41, 5.74) is 0.869. The number of benzene rings is 1. The lowest BCUT2D eigenvalue weighted by Gasteiger charge is -2.03. The number of esters is 1. The van der Waals surface area contributed by atoms with Crippen LogP contribution >= 0.6 is 27.3 Å². The highest BCUT2D eigenvalue weighted by Gasteiger charge is 2.05. The second-order valence-electron chi connectivity index (χ2n) is 4.35. The fraction of sp³-hybridized carbons (Fsp3) is 0.125. The van der Waals surface area contributed by atoms with Gasteiger partial charge in [0.25, 0.3) is 5.91 Å². The molecule has 1 N–H and O–H groups in total. The maximum Gasteiger partial charge on any atom is 0.331 e. The Morgan fingerprint density at radius 2 is 2.14 bits per heavy atom. The lowest BCUT2D eigenvalue weighted by Crippen LogP contribution is -2.27. The second kappa shape index (κ2) is 8.51. The maximum absolute atomic E-state index is 11.5. The first-order chi connectivity index (χ1) is 10.6. The van der Waals surface area contributed by atoms with Crippen LogP contribution in [0.3, 0.4) is 0 Å². The summed E-state index contributed by atoms with van der Waals surface area (Å²) < 4.78 is 5.81. The third kappa shape index (κ3) is 5.83. The van der Waals surface area contributed by atoms with Crippen LogP contribution in [0.15, 0.2) is 52.3 Å². The molecule has 1 heterocycles. The van der Waals surface area contributed by atoms with Crippen molar-refractivity contribution in [1.29, 1.82) is 0 Å². The minimum atomic E-state index is -0.550. The number of nitrogens with one attached hydrogen (secondary N) is 1. The molecule has 6 heteroatoms. The van der Waals surface area contributed by atoms with Gasteiger partial charge in [0.15, 0.2) is 6.61 Å². The van der Waals surface area contributed by atoms with Gasteiger partial charge in [0.2, 0.25) is 0 Å². The van der Waals surface area contributed by atoms with Gasteiger partial charge in [0.1, 0.15) is 0 Å². The van der Waals surface area contributed by atoms with E-state index in [-0.39, 0.29) is 12.5 Å². The molecule has 0 aliphatic carbocycles. The number of carbonyl (C=O) groups is 2. The van der Waals surface area contributed by atoms with Crippen LogP contribution in [0.1, 0.15) is 10.4 Å². The lowest BCUT2D eigenvalue weighted by atomic mass is 10.2. The Hall–Kier alpha value is -1.92. The van der Waals surface area contributed by atoms with E-state index in [2.05, 4.69) is 21.2 Å². The third-order valence-corrected chi connectivity index (χ3v) is 4.02. The van der Waals surface area contributed by atoms with Gasteiger partial charge in [-0.25, -0.2) is 4.79 Å². The Kier molecular flexibility index (Phi) is 6.36. The molecule has 0 bridgehead atoms. The van der Waals surface area contributed by atoms with Crippen LogP contribution in [0.2, 0.25) is 0 Å². The molecule has 0 aliphatic heterocycles. The van der Waals surface area contributed by atoms with Crippen molar-refractivity contribution in [2.45, 2.75) is 6.54 Å². The molecule has 0 unspecified atom stereocenters. The molecule has 0 atom stereocenters. The molecule has 0 spiro atoms. The van der Waals surface area contributed by atoms with Crippen LogP contribution < -0.4 is 5.32 Å². The van der Waals surface area contributed by atoms with Crippen LogP contribution in [0.5, 0.6) is 0 Å². The number of halogens is 1. The van der Waals surface area contributed by atoms with Gasteiger partial charge in [-0.3, -0.25) is 4.79 Å². The number of thiophene rings is 1. The highest BCUT2D eigenvalue weighted by molar-refractivity contribution is 9.10. The standard InChI is InChI=1S/C16H14BrNO3S/c17-13-4-1-3-12(9-13)6-7-16(20)21-11-15(19)18-10-14-5-2-8-22-14/h1-9H,10-11H2,(H,18,19). The largest absolute Gasteiger partial charge is 0.452 e.